The zero-order valence-electron chi connectivity index (χ0n) is 28.7. The van der Waals surface area contributed by atoms with Gasteiger partial charge in [-0.2, -0.15) is 5.26 Å². The van der Waals surface area contributed by atoms with Gasteiger partial charge in [-0.25, -0.2) is 0 Å². The maximum atomic E-state index is 12.4. The van der Waals surface area contributed by atoms with Crippen molar-refractivity contribution in [2.75, 3.05) is 0 Å². The maximum Gasteiger partial charge on any atom is 0.311 e. The predicted octanol–water partition coefficient (Wildman–Crippen LogP) is 12.3. The fourth-order valence-corrected chi connectivity index (χ4v) is 7.27. The van der Waals surface area contributed by atoms with Gasteiger partial charge in [0.25, 0.3) is 0 Å². The van der Waals surface area contributed by atoms with Crippen molar-refractivity contribution in [3.63, 3.8) is 0 Å². The van der Waals surface area contributed by atoms with Gasteiger partial charge < -0.3 is 4.74 Å². The molecule has 248 valence electrons. The minimum atomic E-state index is -0.196. The highest BCUT2D eigenvalue weighted by molar-refractivity contribution is 5.73. The van der Waals surface area contributed by atoms with E-state index in [1.807, 2.05) is 36.4 Å². The van der Waals surface area contributed by atoms with Crippen LogP contribution in [0.4, 0.5) is 0 Å². The first-order valence-electron chi connectivity index (χ1n) is 18.2. The summed E-state index contributed by atoms with van der Waals surface area (Å²) in [6.07, 6.45) is 12.4. The van der Waals surface area contributed by atoms with E-state index < -0.39 is 0 Å². The molecule has 1 fully saturated rings. The number of benzene rings is 5. The molecule has 3 nitrogen and oxygen atoms in total. The number of carbonyl (C=O) groups is 1. The molecule has 0 aromatic heterocycles. The lowest BCUT2D eigenvalue weighted by Crippen LogP contribution is -2.13. The van der Waals surface area contributed by atoms with E-state index in [-0.39, 0.29) is 5.97 Å². The Morgan fingerprint density at radius 2 is 1.12 bits per heavy atom. The van der Waals surface area contributed by atoms with Gasteiger partial charge >= 0.3 is 5.97 Å². The Morgan fingerprint density at radius 1 is 0.633 bits per heavy atom. The molecular weight excluding hydrogens is 599 g/mol. The fourth-order valence-electron chi connectivity index (χ4n) is 7.27. The molecule has 1 aliphatic rings. The molecular formula is C46H47NO2. The number of nitriles is 1. The number of unbranched alkanes of at least 4 members (excludes halogenated alkanes) is 2. The van der Waals surface area contributed by atoms with Crippen molar-refractivity contribution in [1.29, 1.82) is 5.26 Å². The van der Waals surface area contributed by atoms with E-state index in [2.05, 4.69) is 85.8 Å². The summed E-state index contributed by atoms with van der Waals surface area (Å²) in [5, 5.41) is 8.98. The number of esters is 1. The smallest absolute Gasteiger partial charge is 0.311 e. The first kappa shape index (κ1) is 33.9. The minimum absolute atomic E-state index is 0.196. The lowest BCUT2D eigenvalue weighted by molar-refractivity contribution is -0.134. The summed E-state index contributed by atoms with van der Waals surface area (Å²) in [7, 11) is 0. The molecule has 0 heterocycles. The van der Waals surface area contributed by atoms with Gasteiger partial charge in [0.1, 0.15) is 5.75 Å². The van der Waals surface area contributed by atoms with E-state index in [0.29, 0.717) is 17.7 Å². The molecule has 3 heteroatoms. The van der Waals surface area contributed by atoms with Crippen LogP contribution in [0, 0.1) is 17.2 Å². The molecule has 0 spiro atoms. The maximum absolute atomic E-state index is 12.4. The quantitative estimate of drug-likeness (QED) is 0.0727. The number of aryl methyl sites for hydroxylation is 1. The fraction of sp³-hybridized carbons (Fsp3) is 0.304. The Bertz CT molecular complexity index is 1810. The van der Waals surface area contributed by atoms with Gasteiger partial charge in [-0.3, -0.25) is 4.79 Å². The van der Waals surface area contributed by atoms with Crippen LogP contribution < -0.4 is 4.74 Å². The Labute approximate surface area is 292 Å². The number of hydrogen-bond donors (Lipinski definition) is 0. The van der Waals surface area contributed by atoms with Crippen LogP contribution in [0.15, 0.2) is 121 Å². The zero-order valence-corrected chi connectivity index (χ0v) is 28.7. The monoisotopic (exact) mass is 645 g/mol. The largest absolute Gasteiger partial charge is 0.427 e. The van der Waals surface area contributed by atoms with Gasteiger partial charge in [0.05, 0.1) is 11.6 Å². The van der Waals surface area contributed by atoms with E-state index in [4.69, 9.17) is 10.00 Å². The second-order valence-electron chi connectivity index (χ2n) is 13.7. The summed E-state index contributed by atoms with van der Waals surface area (Å²) in [4.78, 5) is 12.4. The zero-order chi connectivity index (χ0) is 33.8. The molecule has 6 rings (SSSR count). The molecule has 0 bridgehead atoms. The van der Waals surface area contributed by atoms with Gasteiger partial charge in [-0.05, 0) is 126 Å². The van der Waals surface area contributed by atoms with E-state index in [9.17, 15) is 4.79 Å². The molecule has 5 aromatic rings. The Kier molecular flexibility index (Phi) is 11.7. The van der Waals surface area contributed by atoms with Crippen molar-refractivity contribution in [3.05, 3.63) is 138 Å². The van der Waals surface area contributed by atoms with Crippen LogP contribution in [-0.2, 0) is 11.2 Å². The summed E-state index contributed by atoms with van der Waals surface area (Å²) in [6.45, 7) is 2.31. The summed E-state index contributed by atoms with van der Waals surface area (Å²) in [5.74, 6) is 2.04. The molecule has 0 N–H and O–H groups in total. The third kappa shape index (κ3) is 9.36. The first-order chi connectivity index (χ1) is 24.1. The lowest BCUT2D eigenvalue weighted by atomic mass is 9.77. The Balaban J connectivity index is 0.904. The highest BCUT2D eigenvalue weighted by atomic mass is 16.5. The predicted molar refractivity (Wildman–Crippen MR) is 201 cm³/mol. The van der Waals surface area contributed by atoms with Crippen LogP contribution in [0.5, 0.6) is 5.75 Å². The SMILES string of the molecule is CCCC1CCC(c2ccc(-c3ccc(-c4ccc(CCCCCC(=O)Oc5ccc(-c6ccc(C#N)cc6)cc5)cc4)cc3)cc2)CC1. The normalized spacial score (nSPS) is 15.8. The van der Waals surface area contributed by atoms with Gasteiger partial charge in [0, 0.05) is 6.42 Å². The van der Waals surface area contributed by atoms with E-state index in [1.165, 1.54) is 71.9 Å². The third-order valence-corrected chi connectivity index (χ3v) is 10.2. The highest BCUT2D eigenvalue weighted by Crippen LogP contribution is 2.38. The second kappa shape index (κ2) is 16.9. The van der Waals surface area contributed by atoms with E-state index >= 15 is 0 Å². The van der Waals surface area contributed by atoms with Crippen molar-refractivity contribution in [1.82, 2.24) is 0 Å². The van der Waals surface area contributed by atoms with Crippen molar-refractivity contribution >= 4 is 5.97 Å². The molecule has 0 aliphatic heterocycles. The van der Waals surface area contributed by atoms with Crippen LogP contribution in [0.1, 0.15) is 93.7 Å². The molecule has 0 saturated heterocycles. The Morgan fingerprint density at radius 3 is 1.65 bits per heavy atom. The van der Waals surface area contributed by atoms with Crippen molar-refractivity contribution in [3.8, 4) is 45.2 Å². The van der Waals surface area contributed by atoms with Crippen LogP contribution in [0.25, 0.3) is 33.4 Å². The molecule has 0 atom stereocenters. The molecule has 49 heavy (non-hydrogen) atoms. The summed E-state index contributed by atoms with van der Waals surface area (Å²) in [5.41, 5.74) is 10.5. The third-order valence-electron chi connectivity index (χ3n) is 10.2. The number of carbonyl (C=O) groups excluding carboxylic acids is 1. The topological polar surface area (TPSA) is 50.1 Å². The lowest BCUT2D eigenvalue weighted by Gasteiger charge is -2.28. The average molecular weight is 646 g/mol. The van der Waals surface area contributed by atoms with Gasteiger partial charge in [0.15, 0.2) is 0 Å². The van der Waals surface area contributed by atoms with Gasteiger partial charge in [0.2, 0.25) is 0 Å². The van der Waals surface area contributed by atoms with Crippen LogP contribution in [-0.4, -0.2) is 5.97 Å². The number of nitrogens with zero attached hydrogens (tertiary/aromatic N) is 1. The highest BCUT2D eigenvalue weighted by Gasteiger charge is 2.21. The van der Waals surface area contributed by atoms with Crippen molar-refractivity contribution in [2.24, 2.45) is 5.92 Å². The minimum Gasteiger partial charge on any atom is -0.427 e. The summed E-state index contributed by atoms with van der Waals surface area (Å²) >= 11 is 0. The van der Waals surface area contributed by atoms with Crippen LogP contribution in [0.2, 0.25) is 0 Å². The molecule has 0 unspecified atom stereocenters. The van der Waals surface area contributed by atoms with Crippen molar-refractivity contribution in [2.45, 2.75) is 83.5 Å². The molecule has 5 aromatic carbocycles. The van der Waals surface area contributed by atoms with Gasteiger partial charge in [-0.1, -0.05) is 123 Å². The number of hydrogen-bond acceptors (Lipinski definition) is 3. The van der Waals surface area contributed by atoms with Crippen molar-refractivity contribution < 1.29 is 9.53 Å². The van der Waals surface area contributed by atoms with Crippen LogP contribution >= 0.6 is 0 Å². The Hall–Kier alpha value is -4.94. The van der Waals surface area contributed by atoms with Crippen LogP contribution in [0.3, 0.4) is 0 Å². The molecule has 0 amide bonds. The first-order valence-corrected chi connectivity index (χ1v) is 18.2. The number of ether oxygens (including phenoxy) is 1. The van der Waals surface area contributed by atoms with Gasteiger partial charge in [-0.15, -0.1) is 0 Å². The van der Waals surface area contributed by atoms with E-state index in [1.54, 1.807) is 12.1 Å². The molecule has 1 saturated carbocycles. The summed E-state index contributed by atoms with van der Waals surface area (Å²) < 4.78 is 5.55. The number of rotatable bonds is 13. The molecule has 0 radical (unpaired) electrons. The molecule has 1 aliphatic carbocycles. The van der Waals surface area contributed by atoms with E-state index in [0.717, 1.165) is 48.6 Å². The standard InChI is InChI=1S/C46H47NO2/c1-2-6-34-9-15-37(16-10-34)40-21-25-42(26-22-40)43-27-23-41(24-28-43)38-17-11-35(12-18-38)7-4-3-5-8-46(48)49-45-31-29-44(30-32-45)39-19-13-36(33-47)14-20-39/h11-14,17-32,34,37H,2-10,15-16H2,1H3. The summed E-state index contributed by atoms with van der Waals surface area (Å²) in [6, 6.07) is 44.3. The average Bonchev–Trinajstić information content (AvgIpc) is 3.16. The second-order valence-corrected chi connectivity index (χ2v) is 13.7.